The number of amides is 1. The first-order valence-corrected chi connectivity index (χ1v) is 9.25. The van der Waals surface area contributed by atoms with Gasteiger partial charge in [0.05, 0.1) is 5.69 Å². The lowest BCUT2D eigenvalue weighted by atomic mass is 9.96. The Balaban J connectivity index is 1.37. The zero-order valence-corrected chi connectivity index (χ0v) is 14.7. The van der Waals surface area contributed by atoms with Gasteiger partial charge in [-0.1, -0.05) is 0 Å². The third-order valence-corrected chi connectivity index (χ3v) is 5.45. The maximum atomic E-state index is 13.0. The number of nitrogens with zero attached hydrogens (tertiary/aromatic N) is 3. The topological polar surface area (TPSA) is 55.2 Å². The van der Waals surface area contributed by atoms with Gasteiger partial charge in [-0.05, 0) is 67.9 Å². The number of aromatic nitrogens is 2. The lowest BCUT2D eigenvalue weighted by Crippen LogP contribution is -2.40. The molecule has 0 N–H and O–H groups in total. The first kappa shape index (κ1) is 16.9. The first-order chi connectivity index (χ1) is 12.6. The second kappa shape index (κ2) is 7.02. The molecule has 2 aromatic rings. The summed E-state index contributed by atoms with van der Waals surface area (Å²) in [4.78, 5) is 26.5. The molecule has 0 bridgehead atoms. The van der Waals surface area contributed by atoms with Crippen LogP contribution >= 0.6 is 0 Å². The van der Waals surface area contributed by atoms with Gasteiger partial charge in [-0.15, -0.1) is 0 Å². The Hall–Kier alpha value is -2.50. The Kier molecular flexibility index (Phi) is 4.57. The summed E-state index contributed by atoms with van der Waals surface area (Å²) in [5.41, 5.74) is 2.66. The molecule has 1 aromatic heterocycles. The van der Waals surface area contributed by atoms with E-state index in [1.54, 1.807) is 10.7 Å². The predicted molar refractivity (Wildman–Crippen MR) is 95.5 cm³/mol. The molecular weight excluding hydrogens is 333 g/mol. The molecule has 0 saturated carbocycles. The van der Waals surface area contributed by atoms with Gasteiger partial charge in [0.1, 0.15) is 5.82 Å². The van der Waals surface area contributed by atoms with Crippen molar-refractivity contribution in [3.63, 3.8) is 0 Å². The van der Waals surface area contributed by atoms with E-state index >= 15 is 0 Å². The molecule has 0 atom stereocenters. The van der Waals surface area contributed by atoms with Crippen molar-refractivity contribution >= 4 is 5.91 Å². The highest BCUT2D eigenvalue weighted by Gasteiger charge is 2.25. The Morgan fingerprint density at radius 2 is 1.88 bits per heavy atom. The number of fused-ring (bicyclic) bond motifs is 1. The number of piperidine rings is 1. The minimum absolute atomic E-state index is 0.0181. The molecule has 2 heterocycles. The maximum absolute atomic E-state index is 13.0. The van der Waals surface area contributed by atoms with Gasteiger partial charge in [-0.2, -0.15) is 5.10 Å². The third-order valence-electron chi connectivity index (χ3n) is 5.45. The van der Waals surface area contributed by atoms with Crippen molar-refractivity contribution in [3.8, 4) is 0 Å². The number of benzene rings is 1. The molecule has 1 aromatic carbocycles. The Morgan fingerprint density at radius 3 is 2.62 bits per heavy atom. The number of carbonyl (C=O) groups is 1. The van der Waals surface area contributed by atoms with Crippen LogP contribution < -0.4 is 5.56 Å². The molecule has 0 radical (unpaired) electrons. The number of hydrogen-bond acceptors (Lipinski definition) is 3. The molecule has 2 aliphatic rings. The van der Waals surface area contributed by atoms with Crippen LogP contribution in [-0.4, -0.2) is 33.7 Å². The van der Waals surface area contributed by atoms with Crippen molar-refractivity contribution in [1.29, 1.82) is 0 Å². The standard InChI is InChI=1S/C20H22FN3O2/c21-17-6-4-15(5-7-17)20(26)23-10-8-14(9-11-23)13-24-19(25)12-16-2-1-3-18(16)22-24/h4-7,12,14H,1-3,8-11,13H2. The van der Waals surface area contributed by atoms with Crippen molar-refractivity contribution in [2.45, 2.75) is 38.6 Å². The molecular formula is C20H22FN3O2. The molecule has 1 fully saturated rings. The Morgan fingerprint density at radius 1 is 1.15 bits per heavy atom. The van der Waals surface area contributed by atoms with E-state index in [0.29, 0.717) is 31.1 Å². The fourth-order valence-electron chi connectivity index (χ4n) is 3.91. The van der Waals surface area contributed by atoms with Crippen LogP contribution in [0.3, 0.4) is 0 Å². The Labute approximate surface area is 151 Å². The molecule has 1 saturated heterocycles. The Bertz CT molecular complexity index is 868. The molecule has 5 nitrogen and oxygen atoms in total. The zero-order chi connectivity index (χ0) is 18.1. The maximum Gasteiger partial charge on any atom is 0.267 e. The van der Waals surface area contributed by atoms with Gasteiger partial charge in [0, 0.05) is 31.3 Å². The van der Waals surface area contributed by atoms with Crippen LogP contribution in [0.25, 0.3) is 0 Å². The average molecular weight is 355 g/mol. The summed E-state index contributed by atoms with van der Waals surface area (Å²) in [7, 11) is 0. The van der Waals surface area contributed by atoms with E-state index < -0.39 is 0 Å². The van der Waals surface area contributed by atoms with E-state index in [1.165, 1.54) is 24.3 Å². The number of likely N-dealkylation sites (tertiary alicyclic amines) is 1. The third kappa shape index (κ3) is 3.41. The van der Waals surface area contributed by atoms with Crippen molar-refractivity contribution in [2.24, 2.45) is 5.92 Å². The van der Waals surface area contributed by atoms with Gasteiger partial charge >= 0.3 is 0 Å². The second-order valence-electron chi connectivity index (χ2n) is 7.23. The van der Waals surface area contributed by atoms with Crippen molar-refractivity contribution in [1.82, 2.24) is 14.7 Å². The molecule has 0 unspecified atom stereocenters. The van der Waals surface area contributed by atoms with Crippen molar-refractivity contribution < 1.29 is 9.18 Å². The summed E-state index contributed by atoms with van der Waals surface area (Å²) in [5.74, 6) is -0.0549. The van der Waals surface area contributed by atoms with E-state index in [9.17, 15) is 14.0 Å². The lowest BCUT2D eigenvalue weighted by molar-refractivity contribution is 0.0680. The zero-order valence-electron chi connectivity index (χ0n) is 14.7. The molecule has 1 aliphatic heterocycles. The normalized spacial score (nSPS) is 17.3. The number of aryl methyl sites for hydroxylation is 2. The molecule has 1 aliphatic carbocycles. The van der Waals surface area contributed by atoms with Gasteiger partial charge in [0.2, 0.25) is 0 Å². The number of rotatable bonds is 3. The van der Waals surface area contributed by atoms with E-state index in [1.807, 2.05) is 4.90 Å². The summed E-state index contributed by atoms with van der Waals surface area (Å²) < 4.78 is 14.6. The first-order valence-electron chi connectivity index (χ1n) is 9.25. The van der Waals surface area contributed by atoms with E-state index in [2.05, 4.69) is 5.10 Å². The highest BCUT2D eigenvalue weighted by atomic mass is 19.1. The van der Waals surface area contributed by atoms with E-state index in [0.717, 1.165) is 43.4 Å². The largest absolute Gasteiger partial charge is 0.339 e. The van der Waals surface area contributed by atoms with Gasteiger partial charge in [0.25, 0.3) is 11.5 Å². The van der Waals surface area contributed by atoms with Crippen LogP contribution in [-0.2, 0) is 19.4 Å². The van der Waals surface area contributed by atoms with Gasteiger partial charge in [-0.3, -0.25) is 9.59 Å². The monoisotopic (exact) mass is 355 g/mol. The second-order valence-corrected chi connectivity index (χ2v) is 7.23. The van der Waals surface area contributed by atoms with E-state index in [-0.39, 0.29) is 17.3 Å². The highest BCUT2D eigenvalue weighted by molar-refractivity contribution is 5.94. The fourth-order valence-corrected chi connectivity index (χ4v) is 3.91. The SMILES string of the molecule is O=C(c1ccc(F)cc1)N1CCC(Cn2nc3c(cc2=O)CCC3)CC1. The van der Waals surface area contributed by atoms with Crippen molar-refractivity contribution in [3.05, 3.63) is 63.3 Å². The molecule has 26 heavy (non-hydrogen) atoms. The molecule has 6 heteroatoms. The lowest BCUT2D eigenvalue weighted by Gasteiger charge is -2.32. The summed E-state index contributed by atoms with van der Waals surface area (Å²) in [6, 6.07) is 7.41. The van der Waals surface area contributed by atoms with Gasteiger partial charge in [0.15, 0.2) is 0 Å². The summed E-state index contributed by atoms with van der Waals surface area (Å²) in [6.45, 7) is 1.92. The fraction of sp³-hybridized carbons (Fsp3) is 0.450. The summed E-state index contributed by atoms with van der Waals surface area (Å²) in [5, 5.41) is 4.54. The summed E-state index contributed by atoms with van der Waals surface area (Å²) >= 11 is 0. The minimum Gasteiger partial charge on any atom is -0.339 e. The van der Waals surface area contributed by atoms with E-state index in [4.69, 9.17) is 0 Å². The van der Waals surface area contributed by atoms with Gasteiger partial charge < -0.3 is 4.90 Å². The molecule has 0 spiro atoms. The van der Waals surface area contributed by atoms with Crippen LogP contribution in [0.5, 0.6) is 0 Å². The highest BCUT2D eigenvalue weighted by Crippen LogP contribution is 2.21. The van der Waals surface area contributed by atoms with Gasteiger partial charge in [-0.25, -0.2) is 9.07 Å². The van der Waals surface area contributed by atoms with Crippen LogP contribution in [0.15, 0.2) is 35.1 Å². The summed E-state index contributed by atoms with van der Waals surface area (Å²) in [6.07, 6.45) is 4.69. The van der Waals surface area contributed by atoms with Crippen LogP contribution in [0.2, 0.25) is 0 Å². The predicted octanol–water partition coefficient (Wildman–Crippen LogP) is 2.42. The van der Waals surface area contributed by atoms with Crippen molar-refractivity contribution in [2.75, 3.05) is 13.1 Å². The number of hydrogen-bond donors (Lipinski definition) is 0. The number of halogens is 1. The quantitative estimate of drug-likeness (QED) is 0.850. The van der Waals surface area contributed by atoms with Crippen LogP contribution in [0, 0.1) is 11.7 Å². The molecule has 136 valence electrons. The minimum atomic E-state index is -0.340. The molecule has 1 amide bonds. The number of carbonyl (C=O) groups excluding carboxylic acids is 1. The average Bonchev–Trinajstić information content (AvgIpc) is 3.10. The van der Waals surface area contributed by atoms with Crippen LogP contribution in [0.1, 0.15) is 40.9 Å². The molecule has 4 rings (SSSR count). The van der Waals surface area contributed by atoms with Crippen LogP contribution in [0.4, 0.5) is 4.39 Å². The smallest absolute Gasteiger partial charge is 0.267 e.